The van der Waals surface area contributed by atoms with Gasteiger partial charge in [-0.3, -0.25) is 9.69 Å². The monoisotopic (exact) mass is 397 g/mol. The van der Waals surface area contributed by atoms with Crippen molar-refractivity contribution in [1.29, 1.82) is 0 Å². The molecule has 1 aliphatic carbocycles. The number of carbonyl (C=O) groups excluding carboxylic acids is 1. The van der Waals surface area contributed by atoms with Crippen LogP contribution in [0.3, 0.4) is 0 Å². The molecule has 1 aromatic heterocycles. The van der Waals surface area contributed by atoms with Crippen molar-refractivity contribution in [2.75, 3.05) is 26.2 Å². The second-order valence-corrected chi connectivity index (χ2v) is 8.22. The summed E-state index contributed by atoms with van der Waals surface area (Å²) < 4.78 is 7.49. The highest BCUT2D eigenvalue weighted by Gasteiger charge is 2.32. The van der Waals surface area contributed by atoms with E-state index in [4.69, 9.17) is 4.74 Å². The van der Waals surface area contributed by atoms with Gasteiger partial charge in [0, 0.05) is 32.2 Å². The van der Waals surface area contributed by atoms with Gasteiger partial charge in [0.25, 0.3) is 5.91 Å². The van der Waals surface area contributed by atoms with Crippen molar-refractivity contribution >= 4 is 5.91 Å². The van der Waals surface area contributed by atoms with Crippen molar-refractivity contribution in [2.24, 2.45) is 0 Å². The number of carbonyl (C=O) groups is 1. The summed E-state index contributed by atoms with van der Waals surface area (Å²) in [6.45, 7) is 9.66. The summed E-state index contributed by atoms with van der Waals surface area (Å²) in [6.07, 6.45) is 4.47. The van der Waals surface area contributed by atoms with Gasteiger partial charge in [-0.1, -0.05) is 12.1 Å². The highest BCUT2D eigenvalue weighted by molar-refractivity contribution is 5.93. The molecule has 2 aromatic rings. The average molecular weight is 398 g/mol. The van der Waals surface area contributed by atoms with E-state index in [1.54, 1.807) is 4.68 Å². The highest BCUT2D eigenvalue weighted by Crippen LogP contribution is 2.28. The summed E-state index contributed by atoms with van der Waals surface area (Å²) in [5, 5.41) is 8.59. The molecule has 2 heterocycles. The van der Waals surface area contributed by atoms with Crippen molar-refractivity contribution in [2.45, 2.75) is 58.6 Å². The maximum absolute atomic E-state index is 13.2. The van der Waals surface area contributed by atoms with E-state index in [1.807, 2.05) is 49.9 Å². The van der Waals surface area contributed by atoms with Crippen molar-refractivity contribution in [1.82, 2.24) is 24.8 Å². The van der Waals surface area contributed by atoms with Crippen molar-refractivity contribution < 1.29 is 9.53 Å². The molecule has 0 unspecified atom stereocenters. The molecule has 0 spiro atoms. The van der Waals surface area contributed by atoms with E-state index in [0.717, 1.165) is 55.8 Å². The molecule has 29 heavy (non-hydrogen) atoms. The van der Waals surface area contributed by atoms with Gasteiger partial charge < -0.3 is 9.64 Å². The molecule has 2 aliphatic rings. The Kier molecular flexibility index (Phi) is 5.85. The molecule has 1 amide bonds. The van der Waals surface area contributed by atoms with Crippen LogP contribution in [0.5, 0.6) is 5.75 Å². The zero-order chi connectivity index (χ0) is 20.4. The summed E-state index contributed by atoms with van der Waals surface area (Å²) >= 11 is 0. The molecule has 1 aliphatic heterocycles. The van der Waals surface area contributed by atoms with Crippen molar-refractivity contribution in [3.05, 3.63) is 35.7 Å². The summed E-state index contributed by atoms with van der Waals surface area (Å²) in [6, 6.07) is 8.52. The lowest BCUT2D eigenvalue weighted by Gasteiger charge is -2.21. The predicted octanol–water partition coefficient (Wildman–Crippen LogP) is 2.93. The summed E-state index contributed by atoms with van der Waals surface area (Å²) in [7, 11) is 0. The van der Waals surface area contributed by atoms with Gasteiger partial charge in [0.15, 0.2) is 5.69 Å². The predicted molar refractivity (Wildman–Crippen MR) is 112 cm³/mol. The number of rotatable bonds is 6. The Morgan fingerprint density at radius 3 is 2.55 bits per heavy atom. The Labute approximate surface area is 172 Å². The molecule has 1 saturated heterocycles. The smallest absolute Gasteiger partial charge is 0.276 e. The van der Waals surface area contributed by atoms with Crippen LogP contribution in [-0.4, -0.2) is 69.0 Å². The number of benzene rings is 1. The molecule has 1 aromatic carbocycles. The van der Waals surface area contributed by atoms with Gasteiger partial charge in [0.05, 0.1) is 17.5 Å². The first-order chi connectivity index (χ1) is 14.1. The SMILES string of the molecule is CCc1c(C(=O)N2CCCN(C3CC3)CC2)nnn1-c1ccc(OC(C)C)cc1. The minimum absolute atomic E-state index is 0.00510. The standard InChI is InChI=1S/C22H31N5O2/c1-4-20-21(22(28)26-13-5-12-25(14-15-26)17-6-7-17)23-24-27(20)18-8-10-19(11-9-18)29-16(2)3/h8-11,16-17H,4-7,12-15H2,1-3H3. The van der Waals surface area contributed by atoms with E-state index in [1.165, 1.54) is 12.8 Å². The summed E-state index contributed by atoms with van der Waals surface area (Å²) in [5.41, 5.74) is 2.23. The van der Waals surface area contributed by atoms with Crippen LogP contribution in [0.2, 0.25) is 0 Å². The van der Waals surface area contributed by atoms with Gasteiger partial charge in [-0.2, -0.15) is 0 Å². The van der Waals surface area contributed by atoms with Crippen LogP contribution in [0.4, 0.5) is 0 Å². The van der Waals surface area contributed by atoms with Gasteiger partial charge in [-0.25, -0.2) is 4.68 Å². The van der Waals surface area contributed by atoms with Crippen LogP contribution in [0, 0.1) is 0 Å². The number of ether oxygens (including phenoxy) is 1. The minimum atomic E-state index is 0.00510. The zero-order valence-electron chi connectivity index (χ0n) is 17.7. The molecular weight excluding hydrogens is 366 g/mol. The minimum Gasteiger partial charge on any atom is -0.491 e. The van der Waals surface area contributed by atoms with E-state index in [0.29, 0.717) is 12.1 Å². The Bertz CT molecular complexity index is 841. The third-order valence-electron chi connectivity index (χ3n) is 5.63. The van der Waals surface area contributed by atoms with Gasteiger partial charge in [0.1, 0.15) is 5.75 Å². The zero-order valence-corrected chi connectivity index (χ0v) is 17.7. The van der Waals surface area contributed by atoms with Gasteiger partial charge >= 0.3 is 0 Å². The maximum atomic E-state index is 13.2. The van der Waals surface area contributed by atoms with Crippen molar-refractivity contribution in [3.8, 4) is 11.4 Å². The molecule has 7 nitrogen and oxygen atoms in total. The molecule has 4 rings (SSSR count). The van der Waals surface area contributed by atoms with E-state index in [9.17, 15) is 4.79 Å². The molecule has 156 valence electrons. The third kappa shape index (κ3) is 4.45. The molecule has 7 heteroatoms. The quantitative estimate of drug-likeness (QED) is 0.750. The lowest BCUT2D eigenvalue weighted by Crippen LogP contribution is -2.36. The first-order valence-electron chi connectivity index (χ1n) is 10.8. The first-order valence-corrected chi connectivity index (χ1v) is 10.8. The van der Waals surface area contributed by atoms with Crippen LogP contribution in [-0.2, 0) is 6.42 Å². The number of hydrogen-bond acceptors (Lipinski definition) is 5. The van der Waals surface area contributed by atoms with E-state index in [-0.39, 0.29) is 12.0 Å². The molecule has 0 radical (unpaired) electrons. The molecule has 2 fully saturated rings. The van der Waals surface area contributed by atoms with Gasteiger partial charge in [0.2, 0.25) is 0 Å². The maximum Gasteiger partial charge on any atom is 0.276 e. The topological polar surface area (TPSA) is 63.5 Å². The Morgan fingerprint density at radius 2 is 1.90 bits per heavy atom. The lowest BCUT2D eigenvalue weighted by molar-refractivity contribution is 0.0754. The highest BCUT2D eigenvalue weighted by atomic mass is 16.5. The number of amides is 1. The molecule has 0 atom stereocenters. The first kappa shape index (κ1) is 19.9. The number of hydrogen-bond donors (Lipinski definition) is 0. The summed E-state index contributed by atoms with van der Waals surface area (Å²) in [5.74, 6) is 0.827. The number of aromatic nitrogens is 3. The van der Waals surface area contributed by atoms with Crippen LogP contribution >= 0.6 is 0 Å². The Hall–Kier alpha value is -2.41. The average Bonchev–Trinajstić information content (AvgIpc) is 3.49. The fourth-order valence-electron chi connectivity index (χ4n) is 4.03. The third-order valence-corrected chi connectivity index (χ3v) is 5.63. The van der Waals surface area contributed by atoms with E-state index in [2.05, 4.69) is 15.2 Å². The molecule has 0 N–H and O–H groups in total. The number of nitrogens with zero attached hydrogens (tertiary/aromatic N) is 5. The second-order valence-electron chi connectivity index (χ2n) is 8.22. The van der Waals surface area contributed by atoms with E-state index >= 15 is 0 Å². The Morgan fingerprint density at radius 1 is 1.14 bits per heavy atom. The molecule has 1 saturated carbocycles. The fraction of sp³-hybridized carbons (Fsp3) is 0.591. The second kappa shape index (κ2) is 8.53. The lowest BCUT2D eigenvalue weighted by atomic mass is 10.2. The van der Waals surface area contributed by atoms with E-state index < -0.39 is 0 Å². The van der Waals surface area contributed by atoms with Gasteiger partial charge in [-0.05, 0) is 63.8 Å². The largest absolute Gasteiger partial charge is 0.491 e. The Balaban J connectivity index is 1.51. The normalized spacial score (nSPS) is 18.1. The molecule has 0 bridgehead atoms. The fourth-order valence-corrected chi connectivity index (χ4v) is 4.03. The van der Waals surface area contributed by atoms with Crippen molar-refractivity contribution in [3.63, 3.8) is 0 Å². The van der Waals surface area contributed by atoms with Crippen LogP contribution in [0.25, 0.3) is 5.69 Å². The van der Waals surface area contributed by atoms with Crippen LogP contribution in [0.1, 0.15) is 56.2 Å². The molecular formula is C22H31N5O2. The summed E-state index contributed by atoms with van der Waals surface area (Å²) in [4.78, 5) is 17.7. The van der Waals surface area contributed by atoms with Crippen LogP contribution < -0.4 is 4.74 Å². The van der Waals surface area contributed by atoms with Gasteiger partial charge in [-0.15, -0.1) is 5.10 Å². The van der Waals surface area contributed by atoms with Crippen LogP contribution in [0.15, 0.2) is 24.3 Å².